The minimum absolute atomic E-state index is 0.0243. The molecular weight excluding hydrogens is 372 g/mol. The van der Waals surface area contributed by atoms with Crippen molar-refractivity contribution in [2.24, 2.45) is 5.73 Å². The molecule has 4 rings (SSSR count). The summed E-state index contributed by atoms with van der Waals surface area (Å²) in [6.45, 7) is 1.88. The summed E-state index contributed by atoms with van der Waals surface area (Å²) in [5, 5.41) is 19.1. The Morgan fingerprint density at radius 2 is 2.10 bits per heavy atom. The topological polar surface area (TPSA) is 148 Å². The van der Waals surface area contributed by atoms with Crippen LogP contribution in [0.15, 0.2) is 24.5 Å². The summed E-state index contributed by atoms with van der Waals surface area (Å²) >= 11 is 0. The van der Waals surface area contributed by atoms with Gasteiger partial charge in [-0.1, -0.05) is 0 Å². The molecule has 0 aromatic carbocycles. The number of pyridine rings is 1. The van der Waals surface area contributed by atoms with Crippen molar-refractivity contribution < 1.29 is 9.47 Å². The highest BCUT2D eigenvalue weighted by Gasteiger charge is 2.31. The molecule has 0 saturated heterocycles. The van der Waals surface area contributed by atoms with Crippen molar-refractivity contribution in [3.63, 3.8) is 0 Å². The van der Waals surface area contributed by atoms with E-state index in [2.05, 4.69) is 30.5 Å². The van der Waals surface area contributed by atoms with Crippen LogP contribution in [-0.4, -0.2) is 44.4 Å². The number of rotatable bonds is 6. The molecule has 0 unspecified atom stereocenters. The number of aromatic nitrogens is 5. The molecule has 2 atom stereocenters. The van der Waals surface area contributed by atoms with Crippen molar-refractivity contribution in [3.05, 3.63) is 35.9 Å². The van der Waals surface area contributed by atoms with Crippen molar-refractivity contribution in [2.45, 2.75) is 31.9 Å². The molecular formula is C19H20N8O2. The summed E-state index contributed by atoms with van der Waals surface area (Å²) < 4.78 is 11.6. The summed E-state index contributed by atoms with van der Waals surface area (Å²) in [7, 11) is 1.56. The number of ether oxygens (including phenoxy) is 2. The predicted molar refractivity (Wildman–Crippen MR) is 105 cm³/mol. The molecule has 0 bridgehead atoms. The molecule has 10 nitrogen and oxygen atoms in total. The Kier molecular flexibility index (Phi) is 4.97. The van der Waals surface area contributed by atoms with E-state index in [9.17, 15) is 0 Å². The zero-order valence-electron chi connectivity index (χ0n) is 16.0. The summed E-state index contributed by atoms with van der Waals surface area (Å²) in [6.07, 6.45) is 4.68. The van der Waals surface area contributed by atoms with Crippen molar-refractivity contribution in [2.75, 3.05) is 12.4 Å². The average Bonchev–Trinajstić information content (AvgIpc) is 3.18. The Morgan fingerprint density at radius 1 is 1.24 bits per heavy atom. The van der Waals surface area contributed by atoms with Gasteiger partial charge in [0, 0.05) is 23.9 Å². The Hall–Kier alpha value is -3.71. The lowest BCUT2D eigenvalue weighted by molar-refractivity contribution is 0.0934. The maximum atomic E-state index is 8.82. The van der Waals surface area contributed by atoms with Crippen LogP contribution in [-0.2, 0) is 0 Å². The van der Waals surface area contributed by atoms with Crippen molar-refractivity contribution in [1.29, 1.82) is 5.26 Å². The maximum Gasteiger partial charge on any atom is 0.226 e. The minimum atomic E-state index is -0.0327. The van der Waals surface area contributed by atoms with Gasteiger partial charge in [0.05, 0.1) is 25.2 Å². The van der Waals surface area contributed by atoms with E-state index < -0.39 is 0 Å². The SMILES string of the molecule is COc1nc(C)cc(O[C@H]2CC[C@H]2N)c1-c1cc(Nc2cnc(C#N)cn2)n[nH]1. The Balaban J connectivity index is 1.64. The fourth-order valence-corrected chi connectivity index (χ4v) is 3.00. The number of H-pyrrole nitrogens is 1. The van der Waals surface area contributed by atoms with Crippen LogP contribution in [0.2, 0.25) is 0 Å². The number of nitrogens with two attached hydrogens (primary N) is 1. The normalized spacial score (nSPS) is 17.9. The molecule has 29 heavy (non-hydrogen) atoms. The van der Waals surface area contributed by atoms with Crippen LogP contribution in [0.1, 0.15) is 24.2 Å². The van der Waals surface area contributed by atoms with E-state index in [-0.39, 0.29) is 17.8 Å². The molecule has 148 valence electrons. The molecule has 0 radical (unpaired) electrons. The van der Waals surface area contributed by atoms with Gasteiger partial charge in [-0.05, 0) is 19.8 Å². The Labute approximate surface area is 167 Å². The monoisotopic (exact) mass is 392 g/mol. The first-order valence-electron chi connectivity index (χ1n) is 9.10. The number of aromatic amines is 1. The number of nitrogens with zero attached hydrogens (tertiary/aromatic N) is 5. The fourth-order valence-electron chi connectivity index (χ4n) is 3.00. The zero-order chi connectivity index (χ0) is 20.4. The van der Waals surface area contributed by atoms with Crippen molar-refractivity contribution in [1.82, 2.24) is 25.1 Å². The standard InChI is InChI=1S/C19H20N8O2/c1-10-5-15(29-14-4-3-12(14)21)18(19(24-10)28-2)13-6-16(27-26-13)25-17-9-22-11(7-20)8-23-17/h5-6,8-9,12,14H,3-4,21H2,1-2H3,(H2,23,25,26,27)/t12-,14+/m1/s1. The van der Waals surface area contributed by atoms with Gasteiger partial charge < -0.3 is 20.5 Å². The second-order valence-electron chi connectivity index (χ2n) is 6.73. The number of methoxy groups -OCH3 is 1. The molecule has 1 aliphatic rings. The van der Waals surface area contributed by atoms with E-state index in [1.165, 1.54) is 12.4 Å². The minimum Gasteiger partial charge on any atom is -0.488 e. The molecule has 1 saturated carbocycles. The molecule has 0 aliphatic heterocycles. The van der Waals surface area contributed by atoms with Gasteiger partial charge >= 0.3 is 0 Å². The molecule has 4 N–H and O–H groups in total. The van der Waals surface area contributed by atoms with Gasteiger partial charge in [0.15, 0.2) is 11.5 Å². The van der Waals surface area contributed by atoms with Gasteiger partial charge in [0.25, 0.3) is 0 Å². The Bertz CT molecular complexity index is 1060. The smallest absolute Gasteiger partial charge is 0.226 e. The fraction of sp³-hybridized carbons (Fsp3) is 0.316. The average molecular weight is 392 g/mol. The quantitative estimate of drug-likeness (QED) is 0.573. The number of hydrogen-bond acceptors (Lipinski definition) is 9. The lowest BCUT2D eigenvalue weighted by Crippen LogP contribution is -2.47. The maximum absolute atomic E-state index is 8.82. The van der Waals surface area contributed by atoms with Crippen molar-refractivity contribution in [3.8, 4) is 29.0 Å². The summed E-state index contributed by atoms with van der Waals surface area (Å²) in [5.41, 5.74) is 8.40. The predicted octanol–water partition coefficient (Wildman–Crippen LogP) is 2.06. The van der Waals surface area contributed by atoms with E-state index in [1.807, 2.05) is 19.1 Å². The highest BCUT2D eigenvalue weighted by atomic mass is 16.5. The van der Waals surface area contributed by atoms with E-state index in [4.69, 9.17) is 20.5 Å². The third kappa shape index (κ3) is 3.81. The van der Waals surface area contributed by atoms with Crippen LogP contribution in [0.3, 0.4) is 0 Å². The van der Waals surface area contributed by atoms with Gasteiger partial charge in [-0.2, -0.15) is 10.4 Å². The van der Waals surface area contributed by atoms with E-state index >= 15 is 0 Å². The number of nitriles is 1. The van der Waals surface area contributed by atoms with Crippen molar-refractivity contribution >= 4 is 11.6 Å². The van der Waals surface area contributed by atoms with Crippen LogP contribution in [0.25, 0.3) is 11.3 Å². The first-order valence-corrected chi connectivity index (χ1v) is 9.10. The lowest BCUT2D eigenvalue weighted by atomic mass is 9.90. The molecule has 10 heteroatoms. The largest absolute Gasteiger partial charge is 0.488 e. The number of nitrogens with one attached hydrogen (secondary N) is 2. The molecule has 0 amide bonds. The second-order valence-corrected chi connectivity index (χ2v) is 6.73. The third-order valence-corrected chi connectivity index (χ3v) is 4.68. The van der Waals surface area contributed by atoms with Crippen LogP contribution < -0.4 is 20.5 Å². The van der Waals surface area contributed by atoms with Gasteiger partial charge in [-0.3, -0.25) is 5.10 Å². The lowest BCUT2D eigenvalue weighted by Gasteiger charge is -2.34. The summed E-state index contributed by atoms with van der Waals surface area (Å²) in [4.78, 5) is 12.6. The number of aryl methyl sites for hydroxylation is 1. The van der Waals surface area contributed by atoms with Crippen LogP contribution in [0.5, 0.6) is 11.6 Å². The van der Waals surface area contributed by atoms with Gasteiger partial charge in [0.2, 0.25) is 5.88 Å². The van der Waals surface area contributed by atoms with Crippen LogP contribution >= 0.6 is 0 Å². The molecule has 1 aliphatic carbocycles. The highest BCUT2D eigenvalue weighted by Crippen LogP contribution is 2.39. The van der Waals surface area contributed by atoms with Crippen LogP contribution in [0.4, 0.5) is 11.6 Å². The highest BCUT2D eigenvalue weighted by molar-refractivity contribution is 5.75. The van der Waals surface area contributed by atoms with Gasteiger partial charge in [0.1, 0.15) is 29.3 Å². The first kappa shape index (κ1) is 18.6. The second kappa shape index (κ2) is 7.73. The molecule has 0 spiro atoms. The van der Waals surface area contributed by atoms with E-state index in [1.54, 1.807) is 13.2 Å². The van der Waals surface area contributed by atoms with E-state index in [0.29, 0.717) is 34.5 Å². The molecule has 1 fully saturated rings. The first-order chi connectivity index (χ1) is 14.1. The Morgan fingerprint density at radius 3 is 2.72 bits per heavy atom. The molecule has 3 aromatic heterocycles. The molecule has 3 aromatic rings. The van der Waals surface area contributed by atoms with Crippen LogP contribution in [0, 0.1) is 18.3 Å². The van der Waals surface area contributed by atoms with Gasteiger partial charge in [-0.15, -0.1) is 0 Å². The summed E-state index contributed by atoms with van der Waals surface area (Å²) in [5.74, 6) is 2.06. The van der Waals surface area contributed by atoms with Gasteiger partial charge in [-0.25, -0.2) is 15.0 Å². The zero-order valence-corrected chi connectivity index (χ0v) is 16.0. The number of hydrogen-bond donors (Lipinski definition) is 3. The molecule has 3 heterocycles. The third-order valence-electron chi connectivity index (χ3n) is 4.68. The number of anilines is 2. The summed E-state index contributed by atoms with van der Waals surface area (Å²) in [6, 6.07) is 5.61. The van der Waals surface area contributed by atoms with E-state index in [0.717, 1.165) is 18.5 Å².